The lowest BCUT2D eigenvalue weighted by molar-refractivity contribution is 0.200. The van der Waals surface area contributed by atoms with Crippen molar-refractivity contribution in [3.63, 3.8) is 0 Å². The summed E-state index contributed by atoms with van der Waals surface area (Å²) in [5.74, 6) is 0.657. The topological polar surface area (TPSA) is 55.5 Å². The highest BCUT2D eigenvalue weighted by Crippen LogP contribution is 2.29. The van der Waals surface area contributed by atoms with E-state index in [4.69, 9.17) is 15.6 Å². The van der Waals surface area contributed by atoms with Crippen molar-refractivity contribution in [2.24, 2.45) is 0 Å². The molecule has 0 spiro atoms. The average Bonchev–Trinajstić information content (AvgIpc) is 2.08. The lowest BCUT2D eigenvalue weighted by Crippen LogP contribution is -2.02. The zero-order chi connectivity index (χ0) is 8.97. The minimum atomic E-state index is 0.00123. The van der Waals surface area contributed by atoms with E-state index in [0.29, 0.717) is 11.4 Å². The smallest absolute Gasteiger partial charge is 0.135 e. The van der Waals surface area contributed by atoms with E-state index < -0.39 is 0 Å². The van der Waals surface area contributed by atoms with Gasteiger partial charge in [0.15, 0.2) is 0 Å². The number of nitrogens with two attached hydrogens (primary N) is 1. The first-order valence-electron chi connectivity index (χ1n) is 3.53. The Morgan fingerprint density at radius 1 is 1.50 bits per heavy atom. The SMILES string of the molecule is Nc1cccc(OCCO)c1Br. The fourth-order valence-electron chi connectivity index (χ4n) is 0.795. The van der Waals surface area contributed by atoms with Gasteiger partial charge in [0.1, 0.15) is 12.4 Å². The van der Waals surface area contributed by atoms with Crippen molar-refractivity contribution in [3.8, 4) is 5.75 Å². The summed E-state index contributed by atoms with van der Waals surface area (Å²) in [6, 6.07) is 5.36. The fraction of sp³-hybridized carbons (Fsp3) is 0.250. The third kappa shape index (κ3) is 2.12. The number of aliphatic hydroxyl groups excluding tert-OH is 1. The minimum absolute atomic E-state index is 0.00123. The Bertz CT molecular complexity index is 265. The molecule has 0 aliphatic rings. The van der Waals surface area contributed by atoms with E-state index in [1.165, 1.54) is 0 Å². The van der Waals surface area contributed by atoms with Gasteiger partial charge in [0.05, 0.1) is 11.1 Å². The van der Waals surface area contributed by atoms with E-state index in [-0.39, 0.29) is 13.2 Å². The number of hydrogen-bond donors (Lipinski definition) is 2. The molecule has 0 atom stereocenters. The first-order chi connectivity index (χ1) is 5.75. The van der Waals surface area contributed by atoms with Crippen LogP contribution in [0.4, 0.5) is 5.69 Å². The normalized spacial score (nSPS) is 9.83. The van der Waals surface area contributed by atoms with E-state index in [9.17, 15) is 0 Å². The number of benzene rings is 1. The van der Waals surface area contributed by atoms with Crippen LogP contribution in [0.15, 0.2) is 22.7 Å². The van der Waals surface area contributed by atoms with Crippen LogP contribution >= 0.6 is 15.9 Å². The number of halogens is 1. The number of hydrogen-bond acceptors (Lipinski definition) is 3. The third-order valence-electron chi connectivity index (χ3n) is 1.34. The lowest BCUT2D eigenvalue weighted by atomic mass is 10.3. The quantitative estimate of drug-likeness (QED) is 0.774. The average molecular weight is 232 g/mol. The van der Waals surface area contributed by atoms with E-state index in [1.807, 2.05) is 0 Å². The molecule has 12 heavy (non-hydrogen) atoms. The largest absolute Gasteiger partial charge is 0.490 e. The molecule has 0 aliphatic heterocycles. The number of nitrogen functional groups attached to an aromatic ring is 1. The van der Waals surface area contributed by atoms with E-state index >= 15 is 0 Å². The van der Waals surface area contributed by atoms with Crippen molar-refractivity contribution in [1.82, 2.24) is 0 Å². The number of rotatable bonds is 3. The zero-order valence-electron chi connectivity index (χ0n) is 6.46. The summed E-state index contributed by atoms with van der Waals surface area (Å²) in [5, 5.41) is 8.52. The van der Waals surface area contributed by atoms with Crippen LogP contribution in [0.25, 0.3) is 0 Å². The molecule has 66 valence electrons. The van der Waals surface area contributed by atoms with Crippen LogP contribution in [-0.4, -0.2) is 18.3 Å². The van der Waals surface area contributed by atoms with Gasteiger partial charge in [-0.15, -0.1) is 0 Å². The number of ether oxygens (including phenoxy) is 1. The third-order valence-corrected chi connectivity index (χ3v) is 2.19. The van der Waals surface area contributed by atoms with Crippen molar-refractivity contribution in [2.45, 2.75) is 0 Å². The highest BCUT2D eigenvalue weighted by Gasteiger charge is 2.02. The van der Waals surface area contributed by atoms with Crippen molar-refractivity contribution < 1.29 is 9.84 Å². The summed E-state index contributed by atoms with van der Waals surface area (Å²) in [7, 11) is 0. The van der Waals surface area contributed by atoms with Gasteiger partial charge in [-0.25, -0.2) is 0 Å². The molecule has 0 radical (unpaired) electrons. The van der Waals surface area contributed by atoms with Crippen molar-refractivity contribution in [3.05, 3.63) is 22.7 Å². The second-order valence-corrected chi connectivity index (χ2v) is 3.02. The summed E-state index contributed by atoms with van der Waals surface area (Å²) in [5.41, 5.74) is 6.23. The first kappa shape index (κ1) is 9.35. The summed E-state index contributed by atoms with van der Waals surface area (Å²) in [6.45, 7) is 0.281. The molecule has 1 aromatic rings. The molecule has 0 amide bonds. The lowest BCUT2D eigenvalue weighted by Gasteiger charge is -2.07. The molecule has 3 nitrogen and oxygen atoms in total. The van der Waals surface area contributed by atoms with Crippen LogP contribution in [0, 0.1) is 0 Å². The fourth-order valence-corrected chi connectivity index (χ4v) is 1.17. The first-order valence-corrected chi connectivity index (χ1v) is 4.32. The summed E-state index contributed by atoms with van der Waals surface area (Å²) in [6.07, 6.45) is 0. The molecule has 0 saturated carbocycles. The summed E-state index contributed by atoms with van der Waals surface area (Å²) < 4.78 is 5.92. The maximum Gasteiger partial charge on any atom is 0.135 e. The Kier molecular flexibility index (Phi) is 3.37. The number of aliphatic hydroxyl groups is 1. The maximum atomic E-state index is 8.52. The van der Waals surface area contributed by atoms with Crippen molar-refractivity contribution in [2.75, 3.05) is 18.9 Å². The van der Waals surface area contributed by atoms with Crippen LogP contribution in [0.5, 0.6) is 5.75 Å². The Hall–Kier alpha value is -0.740. The summed E-state index contributed by atoms with van der Waals surface area (Å²) >= 11 is 3.28. The molecule has 0 unspecified atom stereocenters. The molecule has 4 heteroatoms. The Balaban J connectivity index is 2.78. The molecule has 0 fully saturated rings. The van der Waals surface area contributed by atoms with Gasteiger partial charge in [-0.3, -0.25) is 0 Å². The second kappa shape index (κ2) is 4.33. The van der Waals surface area contributed by atoms with Gasteiger partial charge in [0.2, 0.25) is 0 Å². The van der Waals surface area contributed by atoms with E-state index in [2.05, 4.69) is 15.9 Å². The molecule has 0 aliphatic carbocycles. The van der Waals surface area contributed by atoms with Crippen molar-refractivity contribution in [1.29, 1.82) is 0 Å². The van der Waals surface area contributed by atoms with Gasteiger partial charge >= 0.3 is 0 Å². The summed E-state index contributed by atoms with van der Waals surface area (Å²) in [4.78, 5) is 0. The van der Waals surface area contributed by atoms with Crippen LogP contribution in [0.2, 0.25) is 0 Å². The molecule has 0 aromatic heterocycles. The van der Waals surface area contributed by atoms with E-state index in [1.54, 1.807) is 18.2 Å². The van der Waals surface area contributed by atoms with Gasteiger partial charge in [0.25, 0.3) is 0 Å². The Labute approximate surface area is 79.3 Å². The van der Waals surface area contributed by atoms with Crippen LogP contribution in [0.1, 0.15) is 0 Å². The highest BCUT2D eigenvalue weighted by molar-refractivity contribution is 9.10. The maximum absolute atomic E-state index is 8.52. The van der Waals surface area contributed by atoms with Crippen LogP contribution < -0.4 is 10.5 Å². The predicted octanol–water partition coefficient (Wildman–Crippen LogP) is 1.40. The standard InChI is InChI=1S/C8H10BrNO2/c9-8-6(10)2-1-3-7(8)12-5-4-11/h1-3,11H,4-5,10H2. The van der Waals surface area contributed by atoms with Gasteiger partial charge in [-0.2, -0.15) is 0 Å². The Morgan fingerprint density at radius 3 is 2.92 bits per heavy atom. The minimum Gasteiger partial charge on any atom is -0.490 e. The molecular weight excluding hydrogens is 222 g/mol. The zero-order valence-corrected chi connectivity index (χ0v) is 8.04. The van der Waals surface area contributed by atoms with Gasteiger partial charge in [0, 0.05) is 5.69 Å². The molecule has 1 rings (SSSR count). The molecular formula is C8H10BrNO2. The van der Waals surface area contributed by atoms with Crippen molar-refractivity contribution >= 4 is 21.6 Å². The predicted molar refractivity (Wildman–Crippen MR) is 51.1 cm³/mol. The molecule has 0 heterocycles. The number of anilines is 1. The molecule has 1 aromatic carbocycles. The van der Waals surface area contributed by atoms with Crippen LogP contribution in [-0.2, 0) is 0 Å². The van der Waals surface area contributed by atoms with Gasteiger partial charge in [-0.05, 0) is 28.1 Å². The van der Waals surface area contributed by atoms with E-state index in [0.717, 1.165) is 4.47 Å². The van der Waals surface area contributed by atoms with Crippen LogP contribution in [0.3, 0.4) is 0 Å². The van der Waals surface area contributed by atoms with Gasteiger partial charge < -0.3 is 15.6 Å². The molecule has 0 bridgehead atoms. The van der Waals surface area contributed by atoms with Gasteiger partial charge in [-0.1, -0.05) is 6.07 Å². The molecule has 0 saturated heterocycles. The molecule has 3 N–H and O–H groups in total. The second-order valence-electron chi connectivity index (χ2n) is 2.23. The monoisotopic (exact) mass is 231 g/mol. The highest BCUT2D eigenvalue weighted by atomic mass is 79.9. The Morgan fingerprint density at radius 2 is 2.25 bits per heavy atom.